The molecular formula is C36H44F2N6O10. The molecule has 54 heavy (non-hydrogen) atoms. The molecule has 2 atom stereocenters. The molecule has 8 rings (SSSR count). The van der Waals surface area contributed by atoms with E-state index in [1.807, 2.05) is 37.7 Å². The van der Waals surface area contributed by atoms with Gasteiger partial charge in [-0.1, -0.05) is 0 Å². The third kappa shape index (κ3) is 6.69. The van der Waals surface area contributed by atoms with Crippen LogP contribution < -0.4 is 30.1 Å². The second kappa shape index (κ2) is 15.2. The molecule has 0 radical (unpaired) electrons. The smallest absolute Gasteiger partial charge is 0.341 e. The second-order valence-corrected chi connectivity index (χ2v) is 13.9. The van der Waals surface area contributed by atoms with Crippen molar-refractivity contribution in [1.29, 1.82) is 0 Å². The standard InChI is InChI=1S/2C18H20FN3O4.2H2O/c2*1-10-9-26-17-14-11(16(23)12(18(24)25)8-22(10)14)7-13(19)15(17)21-5-3-20(2)4-6-21;;/h2*7-8,10H,3-6,9H2,1-2H3,(H,24,25);2*1H2/t2*10-;;/m00../s1. The second-order valence-electron chi connectivity index (χ2n) is 13.9. The fraction of sp³-hybridized carbons (Fsp3) is 0.444. The summed E-state index contributed by atoms with van der Waals surface area (Å²) in [5.41, 5.74) is -0.448. The summed E-state index contributed by atoms with van der Waals surface area (Å²) in [5.74, 6) is -3.09. The highest BCUT2D eigenvalue weighted by Gasteiger charge is 2.33. The molecule has 0 bridgehead atoms. The molecule has 2 saturated heterocycles. The van der Waals surface area contributed by atoms with Gasteiger partial charge >= 0.3 is 11.9 Å². The molecule has 292 valence electrons. The molecule has 6 N–H and O–H groups in total. The molecule has 16 nitrogen and oxygen atoms in total. The van der Waals surface area contributed by atoms with Crippen LogP contribution in [0.15, 0.2) is 34.1 Å². The Hall–Kier alpha value is -5.30. The average Bonchev–Trinajstić information content (AvgIpc) is 3.10. The lowest BCUT2D eigenvalue weighted by Gasteiger charge is -2.37. The first-order chi connectivity index (χ1) is 24.8. The number of likely N-dealkylation sites (N-methyl/N-ethyl adjacent to an activating group) is 2. The Balaban J connectivity index is 0.000000200. The molecule has 18 heteroatoms. The number of anilines is 2. The lowest BCUT2D eigenvalue weighted by Crippen LogP contribution is -2.45. The number of hydrogen-bond acceptors (Lipinski definition) is 10. The van der Waals surface area contributed by atoms with Crippen LogP contribution in [0.3, 0.4) is 0 Å². The molecule has 0 aliphatic carbocycles. The molecule has 4 aliphatic rings. The fourth-order valence-corrected chi connectivity index (χ4v) is 7.38. The fourth-order valence-electron chi connectivity index (χ4n) is 7.38. The van der Waals surface area contributed by atoms with E-state index in [-0.39, 0.29) is 58.1 Å². The van der Waals surface area contributed by atoms with Crippen LogP contribution in [0.2, 0.25) is 0 Å². The Labute approximate surface area is 307 Å². The highest BCUT2D eigenvalue weighted by atomic mass is 19.1. The number of aromatic nitrogens is 2. The molecule has 0 amide bonds. The van der Waals surface area contributed by atoms with Crippen molar-refractivity contribution in [2.24, 2.45) is 0 Å². The Bertz CT molecular complexity index is 2090. The van der Waals surface area contributed by atoms with E-state index in [4.69, 9.17) is 9.47 Å². The van der Waals surface area contributed by atoms with Gasteiger partial charge in [0, 0.05) is 64.8 Å². The highest BCUT2D eigenvalue weighted by Crippen LogP contribution is 2.43. The Morgan fingerprint density at radius 3 is 1.30 bits per heavy atom. The average molecular weight is 759 g/mol. The van der Waals surface area contributed by atoms with Crippen molar-refractivity contribution in [3.63, 3.8) is 0 Å². The summed E-state index contributed by atoms with van der Waals surface area (Å²) in [6.07, 6.45) is 2.69. The van der Waals surface area contributed by atoms with Crippen LogP contribution in [0.25, 0.3) is 21.8 Å². The first-order valence-corrected chi connectivity index (χ1v) is 17.2. The van der Waals surface area contributed by atoms with Gasteiger partial charge in [-0.25, -0.2) is 18.4 Å². The third-order valence-corrected chi connectivity index (χ3v) is 10.4. The van der Waals surface area contributed by atoms with Crippen molar-refractivity contribution in [2.75, 3.05) is 89.5 Å². The minimum Gasteiger partial charge on any atom is -0.487 e. The van der Waals surface area contributed by atoms with Crippen LogP contribution in [0.4, 0.5) is 20.2 Å². The summed E-state index contributed by atoms with van der Waals surface area (Å²) in [4.78, 5) is 56.2. The van der Waals surface area contributed by atoms with Crippen molar-refractivity contribution < 1.29 is 49.0 Å². The van der Waals surface area contributed by atoms with Crippen molar-refractivity contribution in [1.82, 2.24) is 18.9 Å². The minimum absolute atomic E-state index is 0. The number of carbonyl (C=O) groups is 2. The van der Waals surface area contributed by atoms with Gasteiger partial charge in [0.2, 0.25) is 10.9 Å². The van der Waals surface area contributed by atoms with E-state index in [1.165, 1.54) is 12.4 Å². The predicted octanol–water partition coefficient (Wildman–Crippen LogP) is 1.44. The van der Waals surface area contributed by atoms with Gasteiger partial charge < -0.3 is 59.4 Å². The molecule has 2 aromatic heterocycles. The number of carboxylic acids is 2. The Morgan fingerprint density at radius 1 is 0.648 bits per heavy atom. The number of piperazine rings is 2. The molecule has 2 fully saturated rings. The highest BCUT2D eigenvalue weighted by molar-refractivity contribution is 5.98. The van der Waals surface area contributed by atoms with Gasteiger partial charge in [0.05, 0.1) is 33.9 Å². The summed E-state index contributed by atoms with van der Waals surface area (Å²) in [7, 11) is 4.03. The number of pyridine rings is 2. The zero-order chi connectivity index (χ0) is 37.2. The van der Waals surface area contributed by atoms with E-state index >= 15 is 0 Å². The zero-order valence-corrected chi connectivity index (χ0v) is 30.3. The van der Waals surface area contributed by atoms with Crippen molar-refractivity contribution in [3.8, 4) is 11.5 Å². The molecule has 0 spiro atoms. The van der Waals surface area contributed by atoms with Gasteiger partial charge in [-0.3, -0.25) is 9.59 Å². The first-order valence-electron chi connectivity index (χ1n) is 17.2. The molecule has 4 aliphatic heterocycles. The molecule has 0 saturated carbocycles. The summed E-state index contributed by atoms with van der Waals surface area (Å²) in [5, 5.41) is 18.7. The Kier molecular flexibility index (Phi) is 11.2. The van der Waals surface area contributed by atoms with Crippen LogP contribution in [0.1, 0.15) is 46.6 Å². The van der Waals surface area contributed by atoms with Crippen molar-refractivity contribution in [2.45, 2.75) is 25.9 Å². The van der Waals surface area contributed by atoms with Gasteiger partial charge in [-0.05, 0) is 40.1 Å². The van der Waals surface area contributed by atoms with Crippen LogP contribution >= 0.6 is 0 Å². The number of benzene rings is 2. The van der Waals surface area contributed by atoms with Gasteiger partial charge in [0.1, 0.15) is 35.7 Å². The number of nitrogens with zero attached hydrogens (tertiary/aromatic N) is 6. The van der Waals surface area contributed by atoms with E-state index in [0.29, 0.717) is 60.1 Å². The lowest BCUT2D eigenvalue weighted by molar-refractivity contribution is 0.0683. The van der Waals surface area contributed by atoms with E-state index in [1.54, 1.807) is 9.13 Å². The molecule has 6 heterocycles. The predicted molar refractivity (Wildman–Crippen MR) is 197 cm³/mol. The maximum atomic E-state index is 15.0. The van der Waals surface area contributed by atoms with Crippen LogP contribution in [0, 0.1) is 11.6 Å². The zero-order valence-electron chi connectivity index (χ0n) is 30.3. The van der Waals surface area contributed by atoms with Gasteiger partial charge in [0.25, 0.3) is 0 Å². The van der Waals surface area contributed by atoms with Crippen molar-refractivity contribution in [3.05, 3.63) is 67.7 Å². The van der Waals surface area contributed by atoms with Crippen LogP contribution in [-0.4, -0.2) is 132 Å². The van der Waals surface area contributed by atoms with Gasteiger partial charge in [-0.15, -0.1) is 0 Å². The first kappa shape index (κ1) is 39.9. The van der Waals surface area contributed by atoms with E-state index in [9.17, 15) is 38.2 Å². The number of halogens is 2. The normalized spacial score (nSPS) is 19.5. The van der Waals surface area contributed by atoms with Crippen LogP contribution in [0.5, 0.6) is 11.5 Å². The summed E-state index contributed by atoms with van der Waals surface area (Å²) < 4.78 is 45.1. The Morgan fingerprint density at radius 2 is 0.981 bits per heavy atom. The SMILES string of the molecule is C[C@H]1COc2c(N3CCN(C)CC3)c(F)cc3c(=O)c(C(=O)O)cn1c23.C[C@H]1COc2c(N3CCN(C)CC3)c(F)cc3c(=O)c(C(=O)O)cn1c23.O.O. The molecular weight excluding hydrogens is 714 g/mol. The molecule has 4 aromatic rings. The van der Waals surface area contributed by atoms with E-state index in [2.05, 4.69) is 9.80 Å². The van der Waals surface area contributed by atoms with Gasteiger partial charge in [-0.2, -0.15) is 0 Å². The minimum atomic E-state index is -1.32. The van der Waals surface area contributed by atoms with E-state index in [0.717, 1.165) is 38.3 Å². The number of rotatable bonds is 4. The third-order valence-electron chi connectivity index (χ3n) is 10.4. The number of hydrogen-bond donors (Lipinski definition) is 2. The summed E-state index contributed by atoms with van der Waals surface area (Å²) in [6.45, 7) is 10.2. The van der Waals surface area contributed by atoms with Gasteiger partial charge in [0.15, 0.2) is 23.1 Å². The lowest BCUT2D eigenvalue weighted by atomic mass is 10.1. The largest absolute Gasteiger partial charge is 0.487 e. The topological polar surface area (TPSA) is 213 Å². The van der Waals surface area contributed by atoms with Crippen molar-refractivity contribution >= 4 is 45.1 Å². The summed E-state index contributed by atoms with van der Waals surface area (Å²) >= 11 is 0. The quantitative estimate of drug-likeness (QED) is 0.303. The van der Waals surface area contributed by atoms with E-state index < -0.39 is 34.4 Å². The number of carboxylic acid groups (broad SMARTS) is 2. The molecule has 0 unspecified atom stereocenters. The maximum Gasteiger partial charge on any atom is 0.341 e. The van der Waals surface area contributed by atoms with Crippen LogP contribution in [-0.2, 0) is 0 Å². The number of ether oxygens (including phenoxy) is 2. The monoisotopic (exact) mass is 758 g/mol. The molecule has 2 aromatic carbocycles. The summed E-state index contributed by atoms with van der Waals surface area (Å²) in [6, 6.07) is 1.99. The maximum absolute atomic E-state index is 15.0. The number of aromatic carboxylic acids is 2.